The van der Waals surface area contributed by atoms with Gasteiger partial charge in [-0.3, -0.25) is 0 Å². The third-order valence-electron chi connectivity index (χ3n) is 2.21. The van der Waals surface area contributed by atoms with E-state index in [2.05, 4.69) is 0 Å². The SMILES string of the molecule is CCOCC(O)CN(N)/C(C)=C(\C)CO. The lowest BCUT2D eigenvalue weighted by atomic mass is 10.2. The molecule has 0 fully saturated rings. The van der Waals surface area contributed by atoms with Gasteiger partial charge in [0.05, 0.1) is 25.9 Å². The summed E-state index contributed by atoms with van der Waals surface area (Å²) in [5.74, 6) is 5.72. The smallest absolute Gasteiger partial charge is 0.0963 e. The van der Waals surface area contributed by atoms with E-state index in [0.717, 1.165) is 11.3 Å². The van der Waals surface area contributed by atoms with E-state index in [1.807, 2.05) is 6.92 Å². The van der Waals surface area contributed by atoms with Crippen molar-refractivity contribution in [3.8, 4) is 0 Å². The molecule has 0 heterocycles. The maximum Gasteiger partial charge on any atom is 0.0963 e. The molecule has 0 aliphatic rings. The highest BCUT2D eigenvalue weighted by Crippen LogP contribution is 2.05. The van der Waals surface area contributed by atoms with E-state index >= 15 is 0 Å². The topological polar surface area (TPSA) is 79.0 Å². The second-order valence-corrected chi connectivity index (χ2v) is 3.49. The van der Waals surface area contributed by atoms with E-state index < -0.39 is 6.10 Å². The minimum atomic E-state index is -0.614. The monoisotopic (exact) mass is 218 g/mol. The number of hydrazine groups is 1. The van der Waals surface area contributed by atoms with E-state index in [4.69, 9.17) is 15.7 Å². The molecule has 0 radical (unpaired) electrons. The van der Waals surface area contributed by atoms with Gasteiger partial charge in [-0.05, 0) is 26.3 Å². The van der Waals surface area contributed by atoms with Gasteiger partial charge in [0.25, 0.3) is 0 Å². The molecule has 0 saturated heterocycles. The summed E-state index contributed by atoms with van der Waals surface area (Å²) in [6.07, 6.45) is -0.614. The summed E-state index contributed by atoms with van der Waals surface area (Å²) >= 11 is 0. The van der Waals surface area contributed by atoms with Crippen LogP contribution in [-0.2, 0) is 4.74 Å². The van der Waals surface area contributed by atoms with E-state index in [9.17, 15) is 5.11 Å². The Morgan fingerprint density at radius 3 is 2.53 bits per heavy atom. The first kappa shape index (κ1) is 14.4. The molecule has 0 spiro atoms. The molecule has 1 unspecified atom stereocenters. The van der Waals surface area contributed by atoms with Gasteiger partial charge in [0.15, 0.2) is 0 Å². The van der Waals surface area contributed by atoms with Crippen LogP contribution in [0.15, 0.2) is 11.3 Å². The fourth-order valence-corrected chi connectivity index (χ4v) is 1.03. The predicted molar refractivity (Wildman–Crippen MR) is 58.9 cm³/mol. The molecule has 0 saturated carbocycles. The van der Waals surface area contributed by atoms with E-state index in [0.29, 0.717) is 13.2 Å². The van der Waals surface area contributed by atoms with E-state index in [1.54, 1.807) is 13.8 Å². The molecule has 5 heteroatoms. The van der Waals surface area contributed by atoms with Gasteiger partial charge >= 0.3 is 0 Å². The first-order valence-electron chi connectivity index (χ1n) is 5.08. The van der Waals surface area contributed by atoms with Crippen molar-refractivity contribution in [2.24, 2.45) is 5.84 Å². The predicted octanol–water partition coefficient (Wildman–Crippen LogP) is -0.154. The van der Waals surface area contributed by atoms with E-state index in [1.165, 1.54) is 5.01 Å². The molecule has 0 aliphatic heterocycles. The van der Waals surface area contributed by atoms with Gasteiger partial charge in [-0.15, -0.1) is 0 Å². The largest absolute Gasteiger partial charge is 0.392 e. The number of aliphatic hydroxyl groups excluding tert-OH is 2. The van der Waals surface area contributed by atoms with Crippen LogP contribution >= 0.6 is 0 Å². The summed E-state index contributed by atoms with van der Waals surface area (Å²) in [7, 11) is 0. The van der Waals surface area contributed by atoms with Gasteiger partial charge < -0.3 is 20.0 Å². The minimum Gasteiger partial charge on any atom is -0.392 e. The zero-order valence-electron chi connectivity index (χ0n) is 9.73. The van der Waals surface area contributed by atoms with Gasteiger partial charge in [-0.2, -0.15) is 0 Å². The Bertz CT molecular complexity index is 207. The summed E-state index contributed by atoms with van der Waals surface area (Å²) in [6, 6.07) is 0. The quantitative estimate of drug-likeness (QED) is 0.409. The molecular weight excluding hydrogens is 196 g/mol. The number of ether oxygens (including phenoxy) is 1. The van der Waals surface area contributed by atoms with Crippen LogP contribution in [0.2, 0.25) is 0 Å². The van der Waals surface area contributed by atoms with Gasteiger partial charge in [0, 0.05) is 12.3 Å². The molecular formula is C10H22N2O3. The molecule has 0 aromatic rings. The van der Waals surface area contributed by atoms with Crippen molar-refractivity contribution in [2.45, 2.75) is 26.9 Å². The van der Waals surface area contributed by atoms with Crippen molar-refractivity contribution in [3.63, 3.8) is 0 Å². The maximum absolute atomic E-state index is 9.52. The second-order valence-electron chi connectivity index (χ2n) is 3.49. The minimum absolute atomic E-state index is 0.0267. The first-order valence-corrected chi connectivity index (χ1v) is 5.08. The normalized spacial score (nSPS) is 14.8. The third kappa shape index (κ3) is 5.74. The van der Waals surface area contributed by atoms with Gasteiger partial charge in [0.1, 0.15) is 0 Å². The highest BCUT2D eigenvalue weighted by molar-refractivity contribution is 5.07. The van der Waals surface area contributed by atoms with Crippen molar-refractivity contribution in [1.29, 1.82) is 0 Å². The van der Waals surface area contributed by atoms with Gasteiger partial charge in [-0.1, -0.05) is 0 Å². The highest BCUT2D eigenvalue weighted by Gasteiger charge is 2.10. The maximum atomic E-state index is 9.52. The Hall–Kier alpha value is -0.620. The summed E-state index contributed by atoms with van der Waals surface area (Å²) in [5, 5.41) is 19.9. The zero-order valence-corrected chi connectivity index (χ0v) is 9.73. The Labute approximate surface area is 91.1 Å². The lowest BCUT2D eigenvalue weighted by Gasteiger charge is -2.24. The fourth-order valence-electron chi connectivity index (χ4n) is 1.03. The molecule has 90 valence electrons. The number of allylic oxidation sites excluding steroid dienone is 1. The third-order valence-corrected chi connectivity index (χ3v) is 2.21. The summed E-state index contributed by atoms with van der Waals surface area (Å²) in [4.78, 5) is 0. The van der Waals surface area contributed by atoms with Crippen LogP contribution in [0.1, 0.15) is 20.8 Å². The van der Waals surface area contributed by atoms with Crippen LogP contribution in [0.3, 0.4) is 0 Å². The Morgan fingerprint density at radius 1 is 1.47 bits per heavy atom. The molecule has 5 nitrogen and oxygen atoms in total. The molecule has 4 N–H and O–H groups in total. The molecule has 0 aromatic heterocycles. The average Bonchev–Trinajstić information content (AvgIpc) is 2.23. The van der Waals surface area contributed by atoms with Crippen molar-refractivity contribution >= 4 is 0 Å². The molecule has 0 aromatic carbocycles. The number of hydrogen-bond acceptors (Lipinski definition) is 5. The summed E-state index contributed by atoms with van der Waals surface area (Å²) in [5.41, 5.74) is 1.56. The average molecular weight is 218 g/mol. The zero-order chi connectivity index (χ0) is 11.8. The summed E-state index contributed by atoms with van der Waals surface area (Å²) in [6.45, 7) is 6.59. The highest BCUT2D eigenvalue weighted by atomic mass is 16.5. The molecule has 0 aliphatic carbocycles. The number of aliphatic hydroxyl groups is 2. The van der Waals surface area contributed by atoms with E-state index in [-0.39, 0.29) is 13.2 Å². The number of nitrogens with zero attached hydrogens (tertiary/aromatic N) is 1. The Balaban J connectivity index is 4.06. The lowest BCUT2D eigenvalue weighted by molar-refractivity contribution is 0.0265. The standard InChI is InChI=1S/C10H22N2O3/c1-4-15-7-10(14)5-12(11)9(3)8(2)6-13/h10,13-14H,4-7,11H2,1-3H3/b9-8+. The number of rotatable bonds is 7. The van der Waals surface area contributed by atoms with Crippen LogP contribution in [0.4, 0.5) is 0 Å². The molecule has 1 atom stereocenters. The summed E-state index contributed by atoms with van der Waals surface area (Å²) < 4.78 is 5.07. The van der Waals surface area contributed by atoms with Crippen LogP contribution in [0.25, 0.3) is 0 Å². The van der Waals surface area contributed by atoms with Crippen LogP contribution < -0.4 is 5.84 Å². The van der Waals surface area contributed by atoms with Crippen molar-refractivity contribution in [1.82, 2.24) is 5.01 Å². The fraction of sp³-hybridized carbons (Fsp3) is 0.800. The first-order chi connectivity index (χ1) is 7.02. The molecule has 0 bridgehead atoms. The molecule has 15 heavy (non-hydrogen) atoms. The van der Waals surface area contributed by atoms with Crippen LogP contribution in [0.5, 0.6) is 0 Å². The number of nitrogens with two attached hydrogens (primary N) is 1. The Morgan fingerprint density at radius 2 is 2.07 bits per heavy atom. The van der Waals surface area contributed by atoms with Crippen LogP contribution in [-0.4, -0.2) is 47.7 Å². The van der Waals surface area contributed by atoms with Gasteiger partial charge in [-0.25, -0.2) is 5.84 Å². The number of hydrogen-bond donors (Lipinski definition) is 3. The van der Waals surface area contributed by atoms with Crippen molar-refractivity contribution in [2.75, 3.05) is 26.4 Å². The van der Waals surface area contributed by atoms with Gasteiger partial charge in [0.2, 0.25) is 0 Å². The second kappa shape index (κ2) is 7.64. The lowest BCUT2D eigenvalue weighted by Crippen LogP contribution is -2.39. The van der Waals surface area contributed by atoms with Crippen molar-refractivity contribution < 1.29 is 14.9 Å². The van der Waals surface area contributed by atoms with Crippen molar-refractivity contribution in [3.05, 3.63) is 11.3 Å². The Kier molecular flexibility index (Phi) is 7.33. The van der Waals surface area contributed by atoms with Crippen LogP contribution in [0, 0.1) is 0 Å². The molecule has 0 rings (SSSR count). The molecule has 0 amide bonds.